The van der Waals surface area contributed by atoms with Gasteiger partial charge in [0.2, 0.25) is 5.91 Å². The number of aromatic nitrogens is 2. The Morgan fingerprint density at radius 2 is 1.68 bits per heavy atom. The highest BCUT2D eigenvalue weighted by Crippen LogP contribution is 2.32. The minimum absolute atomic E-state index is 0.0287. The lowest BCUT2D eigenvalue weighted by atomic mass is 9.95. The number of alkyl halides is 3. The SMILES string of the molecule is Cc1ccc(-c2cccnc2[C@H](Cc2cc(F)cc(F)c2)NC(=O)Cn2ccc3ccc(C(F)(F)F)cc32)cc1. The third kappa shape index (κ3) is 6.03. The highest BCUT2D eigenvalue weighted by Gasteiger charge is 2.31. The van der Waals surface area contributed by atoms with Crippen molar-refractivity contribution in [2.75, 3.05) is 0 Å². The van der Waals surface area contributed by atoms with E-state index in [1.807, 2.05) is 37.3 Å². The molecule has 204 valence electrons. The topological polar surface area (TPSA) is 46.9 Å². The standard InChI is InChI=1S/C31H24F5N3O/c1-19-4-6-21(7-5-19)26-3-2-11-37-30(26)27(15-20-13-24(32)17-25(33)14-20)38-29(40)18-39-12-10-22-8-9-23(16-28(22)39)31(34,35)36/h2-14,16-17,27H,15,18H2,1H3,(H,38,40)/t27-/m0/s1. The number of nitrogens with zero attached hydrogens (tertiary/aromatic N) is 2. The van der Waals surface area contributed by atoms with Crippen molar-refractivity contribution in [3.8, 4) is 11.1 Å². The third-order valence-electron chi connectivity index (χ3n) is 6.64. The van der Waals surface area contributed by atoms with Crippen LogP contribution in [0, 0.1) is 18.6 Å². The van der Waals surface area contributed by atoms with Crippen molar-refractivity contribution in [3.63, 3.8) is 0 Å². The number of amides is 1. The van der Waals surface area contributed by atoms with E-state index in [2.05, 4.69) is 10.3 Å². The lowest BCUT2D eigenvalue weighted by Gasteiger charge is -2.22. The summed E-state index contributed by atoms with van der Waals surface area (Å²) in [6, 6.07) is 18.6. The van der Waals surface area contributed by atoms with Crippen LogP contribution in [0.1, 0.15) is 28.4 Å². The van der Waals surface area contributed by atoms with Crippen molar-refractivity contribution in [3.05, 3.63) is 125 Å². The second-order valence-electron chi connectivity index (χ2n) is 9.62. The van der Waals surface area contributed by atoms with Crippen molar-refractivity contribution in [1.82, 2.24) is 14.9 Å². The molecule has 1 N–H and O–H groups in total. The van der Waals surface area contributed by atoms with Crippen LogP contribution in [-0.2, 0) is 23.9 Å². The number of carbonyl (C=O) groups is 1. The predicted molar refractivity (Wildman–Crippen MR) is 142 cm³/mol. The molecule has 0 unspecified atom stereocenters. The molecule has 5 rings (SSSR count). The van der Waals surface area contributed by atoms with Crippen molar-refractivity contribution < 1.29 is 26.7 Å². The zero-order valence-corrected chi connectivity index (χ0v) is 21.3. The first-order valence-electron chi connectivity index (χ1n) is 12.5. The molecule has 1 amide bonds. The fourth-order valence-electron chi connectivity index (χ4n) is 4.75. The van der Waals surface area contributed by atoms with Crippen LogP contribution in [0.3, 0.4) is 0 Å². The van der Waals surface area contributed by atoms with Gasteiger partial charge < -0.3 is 9.88 Å². The van der Waals surface area contributed by atoms with Gasteiger partial charge in [0, 0.05) is 29.5 Å². The summed E-state index contributed by atoms with van der Waals surface area (Å²) in [5.74, 6) is -2.00. The molecule has 0 aliphatic carbocycles. The van der Waals surface area contributed by atoms with E-state index in [0.29, 0.717) is 16.6 Å². The number of nitrogens with one attached hydrogen (secondary N) is 1. The first-order valence-corrected chi connectivity index (χ1v) is 12.5. The highest BCUT2D eigenvalue weighted by molar-refractivity contribution is 5.84. The van der Waals surface area contributed by atoms with E-state index in [9.17, 15) is 26.7 Å². The summed E-state index contributed by atoms with van der Waals surface area (Å²) in [5.41, 5.74) is 2.86. The number of fused-ring (bicyclic) bond motifs is 1. The van der Waals surface area contributed by atoms with Gasteiger partial charge in [-0.3, -0.25) is 9.78 Å². The molecular weight excluding hydrogens is 525 g/mol. The number of hydrogen-bond acceptors (Lipinski definition) is 2. The van der Waals surface area contributed by atoms with Crippen LogP contribution < -0.4 is 5.32 Å². The number of rotatable bonds is 7. The molecule has 0 spiro atoms. The average Bonchev–Trinajstić information content (AvgIpc) is 3.29. The van der Waals surface area contributed by atoms with Gasteiger partial charge in [-0.25, -0.2) is 8.78 Å². The fraction of sp³-hybridized carbons (Fsp3) is 0.161. The van der Waals surface area contributed by atoms with Gasteiger partial charge in [-0.1, -0.05) is 42.0 Å². The second-order valence-corrected chi connectivity index (χ2v) is 9.62. The Morgan fingerprint density at radius 1 is 0.950 bits per heavy atom. The van der Waals surface area contributed by atoms with Crippen molar-refractivity contribution in [2.24, 2.45) is 0 Å². The minimum Gasteiger partial charge on any atom is -0.346 e. The van der Waals surface area contributed by atoms with Gasteiger partial charge in [0.25, 0.3) is 0 Å². The maximum absolute atomic E-state index is 14.0. The maximum atomic E-state index is 14.0. The van der Waals surface area contributed by atoms with Gasteiger partial charge in [0.15, 0.2) is 0 Å². The van der Waals surface area contributed by atoms with Crippen LogP contribution in [0.4, 0.5) is 22.0 Å². The van der Waals surface area contributed by atoms with Crippen LogP contribution in [0.2, 0.25) is 0 Å². The molecule has 5 aromatic rings. The normalized spacial score (nSPS) is 12.4. The quantitative estimate of drug-likeness (QED) is 0.215. The molecule has 4 nitrogen and oxygen atoms in total. The summed E-state index contributed by atoms with van der Waals surface area (Å²) < 4.78 is 69.3. The Hall–Kier alpha value is -4.53. The van der Waals surface area contributed by atoms with Crippen LogP contribution in [0.15, 0.2) is 91.3 Å². The lowest BCUT2D eigenvalue weighted by Crippen LogP contribution is -2.33. The smallest absolute Gasteiger partial charge is 0.346 e. The summed E-state index contributed by atoms with van der Waals surface area (Å²) >= 11 is 0. The summed E-state index contributed by atoms with van der Waals surface area (Å²) in [4.78, 5) is 17.8. The molecule has 2 aromatic heterocycles. The summed E-state index contributed by atoms with van der Waals surface area (Å²) in [7, 11) is 0. The van der Waals surface area contributed by atoms with E-state index < -0.39 is 35.3 Å². The molecule has 40 heavy (non-hydrogen) atoms. The van der Waals surface area contributed by atoms with Crippen LogP contribution in [0.5, 0.6) is 0 Å². The number of halogens is 5. The largest absolute Gasteiger partial charge is 0.416 e. The minimum atomic E-state index is -4.53. The average molecular weight is 550 g/mol. The molecule has 1 atom stereocenters. The molecule has 0 saturated heterocycles. The van der Waals surface area contributed by atoms with Gasteiger partial charge in [0.1, 0.15) is 18.2 Å². The monoisotopic (exact) mass is 549 g/mol. The number of pyridine rings is 1. The summed E-state index contributed by atoms with van der Waals surface area (Å²) in [6.45, 7) is 1.68. The molecule has 0 fully saturated rings. The van der Waals surface area contributed by atoms with Crippen LogP contribution >= 0.6 is 0 Å². The maximum Gasteiger partial charge on any atom is 0.416 e. The Balaban J connectivity index is 1.49. The molecule has 3 aromatic carbocycles. The van der Waals surface area contributed by atoms with Gasteiger partial charge >= 0.3 is 6.18 Å². The molecule has 0 aliphatic rings. The molecule has 0 saturated carbocycles. The summed E-state index contributed by atoms with van der Waals surface area (Å²) in [6.07, 6.45) is -1.39. The number of hydrogen-bond donors (Lipinski definition) is 1. The number of carbonyl (C=O) groups excluding carboxylic acids is 1. The Labute approximate surface area is 227 Å². The van der Waals surface area contributed by atoms with Crippen LogP contribution in [0.25, 0.3) is 22.0 Å². The first-order chi connectivity index (χ1) is 19.1. The van der Waals surface area contributed by atoms with E-state index in [0.717, 1.165) is 34.9 Å². The molecular formula is C31H24F5N3O. The van der Waals surface area contributed by atoms with Crippen molar-refractivity contribution in [1.29, 1.82) is 0 Å². The molecule has 2 heterocycles. The lowest BCUT2D eigenvalue weighted by molar-refractivity contribution is -0.137. The Morgan fingerprint density at radius 3 is 2.38 bits per heavy atom. The van der Waals surface area contributed by atoms with E-state index in [1.165, 1.54) is 22.8 Å². The molecule has 9 heteroatoms. The Kier molecular flexibility index (Phi) is 7.38. The van der Waals surface area contributed by atoms with Crippen molar-refractivity contribution in [2.45, 2.75) is 32.1 Å². The highest BCUT2D eigenvalue weighted by atomic mass is 19.4. The first kappa shape index (κ1) is 27.1. The van der Waals surface area contributed by atoms with E-state index in [-0.39, 0.29) is 18.5 Å². The van der Waals surface area contributed by atoms with Gasteiger partial charge in [0.05, 0.1) is 17.3 Å². The zero-order chi connectivity index (χ0) is 28.4. The zero-order valence-electron chi connectivity index (χ0n) is 21.3. The number of aryl methyl sites for hydroxylation is 1. The third-order valence-corrected chi connectivity index (χ3v) is 6.64. The second kappa shape index (κ2) is 10.9. The molecule has 0 aliphatic heterocycles. The van der Waals surface area contributed by atoms with Crippen LogP contribution in [-0.4, -0.2) is 15.5 Å². The van der Waals surface area contributed by atoms with Crippen molar-refractivity contribution >= 4 is 16.8 Å². The van der Waals surface area contributed by atoms with Gasteiger partial charge in [-0.2, -0.15) is 13.2 Å². The molecule has 0 radical (unpaired) electrons. The van der Waals surface area contributed by atoms with E-state index in [1.54, 1.807) is 24.5 Å². The van der Waals surface area contributed by atoms with Gasteiger partial charge in [-0.05, 0) is 66.3 Å². The Bertz CT molecular complexity index is 1660. The van der Waals surface area contributed by atoms with E-state index in [4.69, 9.17) is 0 Å². The van der Waals surface area contributed by atoms with E-state index >= 15 is 0 Å². The molecule has 0 bridgehead atoms. The van der Waals surface area contributed by atoms with Gasteiger partial charge in [-0.15, -0.1) is 0 Å². The summed E-state index contributed by atoms with van der Waals surface area (Å²) in [5, 5.41) is 3.46. The predicted octanol–water partition coefficient (Wildman–Crippen LogP) is 7.41. The number of benzene rings is 3. The fourth-order valence-corrected chi connectivity index (χ4v) is 4.75.